The number of carbonyl (C=O) groups excluding carboxylic acids is 1. The van der Waals surface area contributed by atoms with Crippen molar-refractivity contribution in [1.29, 1.82) is 0 Å². The molecule has 1 heterocycles. The van der Waals surface area contributed by atoms with E-state index in [9.17, 15) is 9.90 Å². The van der Waals surface area contributed by atoms with Crippen LogP contribution in [0.2, 0.25) is 0 Å². The maximum absolute atomic E-state index is 12.1. The molecule has 1 fully saturated rings. The van der Waals surface area contributed by atoms with Crippen LogP contribution in [-0.4, -0.2) is 40.3 Å². The van der Waals surface area contributed by atoms with Gasteiger partial charge in [0.15, 0.2) is 0 Å². The Morgan fingerprint density at radius 3 is 2.67 bits per heavy atom. The Labute approximate surface area is 161 Å². The summed E-state index contributed by atoms with van der Waals surface area (Å²) in [7, 11) is 1.53. The lowest BCUT2D eigenvalue weighted by atomic mass is 9.87. The second-order valence-corrected chi connectivity index (χ2v) is 8.00. The van der Waals surface area contributed by atoms with Crippen LogP contribution in [-0.2, 0) is 4.74 Å². The first-order valence-corrected chi connectivity index (χ1v) is 9.32. The number of nitrogens with one attached hydrogen (secondary N) is 1. The average Bonchev–Trinajstić information content (AvgIpc) is 3.03. The smallest absolute Gasteiger partial charge is 0.412 e. The van der Waals surface area contributed by atoms with E-state index in [2.05, 4.69) is 10.4 Å². The number of carbonyl (C=O) groups is 1. The van der Waals surface area contributed by atoms with Crippen LogP contribution in [0.1, 0.15) is 53.8 Å². The zero-order valence-electron chi connectivity index (χ0n) is 17.4. The summed E-state index contributed by atoms with van der Waals surface area (Å²) in [6.45, 7) is 5.58. The van der Waals surface area contributed by atoms with E-state index in [1.165, 1.54) is 7.11 Å². The van der Waals surface area contributed by atoms with Gasteiger partial charge in [-0.05, 0) is 58.4 Å². The second-order valence-electron chi connectivity index (χ2n) is 8.00. The molecule has 0 spiro atoms. The topological polar surface area (TPSA) is 85.6 Å². The summed E-state index contributed by atoms with van der Waals surface area (Å²) in [5.74, 6) is 0.750. The van der Waals surface area contributed by atoms with Gasteiger partial charge in [0.25, 0.3) is 0 Å². The number of amides is 1. The number of rotatable bonds is 4. The van der Waals surface area contributed by atoms with E-state index in [1.54, 1.807) is 37.6 Å². The van der Waals surface area contributed by atoms with Gasteiger partial charge in [-0.1, -0.05) is 0 Å². The SMILES string of the molecule is [2H]C1(n2cc3cc(NC(=O)OC(C)(C)C)c(OC)cc3n2)CCC(CO)CC1. The number of aliphatic hydroxyl groups excluding tert-OH is 1. The highest BCUT2D eigenvalue weighted by Crippen LogP contribution is 2.34. The summed E-state index contributed by atoms with van der Waals surface area (Å²) in [6.07, 6.45) is 4.19. The van der Waals surface area contributed by atoms with Gasteiger partial charge in [-0.15, -0.1) is 0 Å². The summed E-state index contributed by atoms with van der Waals surface area (Å²) in [5, 5.41) is 17.5. The molecule has 2 N–H and O–H groups in total. The molecule has 0 unspecified atom stereocenters. The number of nitrogens with zero attached hydrogens (tertiary/aromatic N) is 2. The van der Waals surface area contributed by atoms with Gasteiger partial charge >= 0.3 is 6.09 Å². The van der Waals surface area contributed by atoms with E-state index in [0.29, 0.717) is 29.8 Å². The average molecular weight is 376 g/mol. The van der Waals surface area contributed by atoms with Gasteiger partial charge in [0.05, 0.1) is 25.7 Å². The molecule has 0 aliphatic heterocycles. The van der Waals surface area contributed by atoms with Gasteiger partial charge in [0.2, 0.25) is 0 Å². The molecule has 2 aromatic rings. The first-order chi connectivity index (χ1) is 13.1. The van der Waals surface area contributed by atoms with Crippen molar-refractivity contribution in [2.45, 2.75) is 58.1 Å². The Morgan fingerprint density at radius 1 is 1.37 bits per heavy atom. The second kappa shape index (κ2) is 7.76. The predicted molar refractivity (Wildman–Crippen MR) is 104 cm³/mol. The van der Waals surface area contributed by atoms with Crippen LogP contribution in [0.25, 0.3) is 10.9 Å². The molecule has 148 valence electrons. The lowest BCUT2D eigenvalue weighted by molar-refractivity contribution is 0.0635. The molecule has 0 bridgehead atoms. The van der Waals surface area contributed by atoms with E-state index >= 15 is 0 Å². The molecule has 3 rings (SSSR count). The summed E-state index contributed by atoms with van der Waals surface area (Å²) < 4.78 is 21.2. The van der Waals surface area contributed by atoms with E-state index in [0.717, 1.165) is 18.2 Å². The molecular weight excluding hydrogens is 346 g/mol. The summed E-state index contributed by atoms with van der Waals surface area (Å²) in [6, 6.07) is 2.71. The molecular formula is C20H29N3O4. The largest absolute Gasteiger partial charge is 0.494 e. The Morgan fingerprint density at radius 2 is 2.07 bits per heavy atom. The quantitative estimate of drug-likeness (QED) is 0.838. The van der Waals surface area contributed by atoms with Gasteiger partial charge in [-0.3, -0.25) is 10.00 Å². The lowest BCUT2D eigenvalue weighted by Gasteiger charge is -2.27. The van der Waals surface area contributed by atoms with Crippen molar-refractivity contribution in [2.75, 3.05) is 19.0 Å². The van der Waals surface area contributed by atoms with Crippen LogP contribution in [0.15, 0.2) is 18.3 Å². The Balaban J connectivity index is 1.87. The summed E-state index contributed by atoms with van der Waals surface area (Å²) >= 11 is 0. The standard InChI is InChI=1S/C20H29N3O4/c1-20(2,3)27-19(25)21-17-9-14-11-23(22-16(14)10-18(17)26-4)15-7-5-13(12-24)6-8-15/h9-11,13,15,24H,5-8,12H2,1-4H3,(H,21,25)/i15D. The van der Waals surface area contributed by atoms with Gasteiger partial charge in [0, 0.05) is 24.3 Å². The van der Waals surface area contributed by atoms with Gasteiger partial charge < -0.3 is 14.6 Å². The highest BCUT2D eigenvalue weighted by Gasteiger charge is 2.23. The van der Waals surface area contributed by atoms with Crippen LogP contribution >= 0.6 is 0 Å². The highest BCUT2D eigenvalue weighted by molar-refractivity contribution is 5.93. The predicted octanol–water partition coefficient (Wildman–Crippen LogP) is 4.12. The molecule has 1 aliphatic carbocycles. The number of fused-ring (bicyclic) bond motifs is 1. The van der Waals surface area contributed by atoms with E-state index < -0.39 is 17.7 Å². The zero-order valence-corrected chi connectivity index (χ0v) is 16.4. The zero-order chi connectivity index (χ0) is 20.5. The van der Waals surface area contributed by atoms with Crippen LogP contribution in [0.5, 0.6) is 5.75 Å². The number of methoxy groups -OCH3 is 1. The maximum atomic E-state index is 12.1. The molecule has 1 saturated carbocycles. The van der Waals surface area contributed by atoms with Crippen LogP contribution in [0, 0.1) is 5.92 Å². The minimum absolute atomic E-state index is 0.175. The van der Waals surface area contributed by atoms with Crippen molar-refractivity contribution in [3.05, 3.63) is 18.3 Å². The first-order valence-electron chi connectivity index (χ1n) is 9.82. The third-order valence-electron chi connectivity index (χ3n) is 4.73. The number of ether oxygens (including phenoxy) is 2. The fraction of sp³-hybridized carbons (Fsp3) is 0.600. The lowest BCUT2D eigenvalue weighted by Crippen LogP contribution is -2.27. The summed E-state index contributed by atoms with van der Waals surface area (Å²) in [4.78, 5) is 12.1. The molecule has 0 radical (unpaired) electrons. The Hall–Kier alpha value is -2.28. The molecule has 0 atom stereocenters. The van der Waals surface area contributed by atoms with E-state index in [-0.39, 0.29) is 12.5 Å². The first kappa shape index (κ1) is 18.1. The number of hydrogen-bond donors (Lipinski definition) is 2. The van der Waals surface area contributed by atoms with Gasteiger partial charge in [-0.2, -0.15) is 5.10 Å². The van der Waals surface area contributed by atoms with Crippen LogP contribution in [0.3, 0.4) is 0 Å². The molecule has 1 aromatic carbocycles. The van der Waals surface area contributed by atoms with Crippen molar-refractivity contribution in [2.24, 2.45) is 5.92 Å². The normalized spacial score (nSPS) is 23.7. The van der Waals surface area contributed by atoms with E-state index in [1.807, 2.05) is 6.20 Å². The monoisotopic (exact) mass is 376 g/mol. The number of benzene rings is 1. The number of anilines is 1. The number of aliphatic hydroxyl groups is 1. The van der Waals surface area contributed by atoms with Crippen molar-refractivity contribution < 1.29 is 20.7 Å². The third kappa shape index (κ3) is 4.71. The minimum Gasteiger partial charge on any atom is -0.494 e. The summed E-state index contributed by atoms with van der Waals surface area (Å²) in [5.41, 5.74) is 0.589. The molecule has 1 aliphatic rings. The number of hydrogen-bond acceptors (Lipinski definition) is 5. The van der Waals surface area contributed by atoms with Gasteiger partial charge in [0.1, 0.15) is 11.4 Å². The molecule has 0 saturated heterocycles. The Kier molecular flexibility index (Phi) is 5.20. The fourth-order valence-corrected chi connectivity index (χ4v) is 3.32. The maximum Gasteiger partial charge on any atom is 0.412 e. The van der Waals surface area contributed by atoms with Crippen molar-refractivity contribution in [3.63, 3.8) is 0 Å². The number of aromatic nitrogens is 2. The molecule has 7 nitrogen and oxygen atoms in total. The van der Waals surface area contributed by atoms with Crippen molar-refractivity contribution >= 4 is 22.7 Å². The van der Waals surface area contributed by atoms with Gasteiger partial charge in [-0.25, -0.2) is 4.79 Å². The van der Waals surface area contributed by atoms with Crippen LogP contribution < -0.4 is 10.1 Å². The fourth-order valence-electron chi connectivity index (χ4n) is 3.32. The van der Waals surface area contributed by atoms with E-state index in [4.69, 9.17) is 10.8 Å². The molecule has 27 heavy (non-hydrogen) atoms. The third-order valence-corrected chi connectivity index (χ3v) is 4.73. The highest BCUT2D eigenvalue weighted by atomic mass is 16.6. The molecule has 1 amide bonds. The molecule has 7 heteroatoms. The minimum atomic E-state index is -0.823. The van der Waals surface area contributed by atoms with Crippen molar-refractivity contribution in [3.8, 4) is 5.75 Å². The van der Waals surface area contributed by atoms with Crippen molar-refractivity contribution in [1.82, 2.24) is 9.78 Å². The van der Waals surface area contributed by atoms with Crippen LogP contribution in [0.4, 0.5) is 10.5 Å². The molecule has 1 aromatic heterocycles. The Bertz CT molecular complexity index is 851.